The van der Waals surface area contributed by atoms with Gasteiger partial charge in [-0.15, -0.1) is 11.3 Å². The monoisotopic (exact) mass is 345 g/mol. The topological polar surface area (TPSA) is 73.9 Å². The second-order valence-corrected chi connectivity index (χ2v) is 7.65. The number of carbonyl (C=O) groups is 1. The third-order valence-corrected chi connectivity index (χ3v) is 6.02. The molecule has 1 aliphatic heterocycles. The zero-order valence-corrected chi connectivity index (χ0v) is 14.5. The van der Waals surface area contributed by atoms with Gasteiger partial charge in [0.15, 0.2) is 0 Å². The molecular weight excluding hydrogens is 322 g/mol. The molecule has 0 bridgehead atoms. The highest BCUT2D eigenvalue weighted by Crippen LogP contribution is 2.30. The summed E-state index contributed by atoms with van der Waals surface area (Å²) >= 11 is 1.53. The summed E-state index contributed by atoms with van der Waals surface area (Å²) in [5.41, 5.74) is 1.52. The van der Waals surface area contributed by atoms with Crippen LogP contribution in [0.25, 0.3) is 10.7 Å². The van der Waals surface area contributed by atoms with Gasteiger partial charge in [0.1, 0.15) is 10.7 Å². The van der Waals surface area contributed by atoms with Crippen LogP contribution in [0.1, 0.15) is 38.5 Å². The first-order valence-electron chi connectivity index (χ1n) is 8.79. The van der Waals surface area contributed by atoms with Crippen LogP contribution < -0.4 is 5.32 Å². The number of anilines is 1. The van der Waals surface area contributed by atoms with Crippen LogP contribution in [0.15, 0.2) is 17.8 Å². The van der Waals surface area contributed by atoms with Crippen LogP contribution in [0, 0.1) is 5.92 Å². The highest BCUT2D eigenvalue weighted by atomic mass is 32.1. The van der Waals surface area contributed by atoms with Gasteiger partial charge in [-0.25, -0.2) is 4.98 Å². The highest BCUT2D eigenvalue weighted by molar-refractivity contribution is 7.13. The lowest BCUT2D eigenvalue weighted by atomic mass is 9.94. The number of hydrogen-bond acceptors (Lipinski definition) is 5. The van der Waals surface area contributed by atoms with Crippen LogP contribution in [0.3, 0.4) is 0 Å². The van der Waals surface area contributed by atoms with Crippen molar-refractivity contribution in [1.82, 2.24) is 20.1 Å². The molecule has 1 atom stereocenters. The molecule has 2 aliphatic rings. The molecule has 0 spiro atoms. The number of aromatic amines is 1. The molecule has 1 saturated heterocycles. The van der Waals surface area contributed by atoms with Crippen LogP contribution in [0.4, 0.5) is 5.69 Å². The van der Waals surface area contributed by atoms with Gasteiger partial charge in [0.05, 0.1) is 17.8 Å². The van der Waals surface area contributed by atoms with E-state index >= 15 is 0 Å². The number of likely N-dealkylation sites (tertiary alicyclic amines) is 1. The second kappa shape index (κ2) is 7.03. The van der Waals surface area contributed by atoms with E-state index < -0.39 is 0 Å². The molecule has 1 aliphatic carbocycles. The Kier molecular flexibility index (Phi) is 4.62. The zero-order chi connectivity index (χ0) is 16.4. The van der Waals surface area contributed by atoms with Crippen LogP contribution in [0.5, 0.6) is 0 Å². The maximum atomic E-state index is 12.7. The van der Waals surface area contributed by atoms with Crippen molar-refractivity contribution >= 4 is 22.9 Å². The van der Waals surface area contributed by atoms with Gasteiger partial charge in [-0.2, -0.15) is 5.10 Å². The van der Waals surface area contributed by atoms with E-state index in [1.165, 1.54) is 43.4 Å². The largest absolute Gasteiger partial charge is 0.323 e. The molecule has 4 rings (SSSR count). The van der Waals surface area contributed by atoms with Crippen molar-refractivity contribution in [3.05, 3.63) is 17.8 Å². The van der Waals surface area contributed by atoms with Gasteiger partial charge in [0, 0.05) is 24.2 Å². The van der Waals surface area contributed by atoms with E-state index in [0.29, 0.717) is 6.04 Å². The molecule has 2 N–H and O–H groups in total. The van der Waals surface area contributed by atoms with Gasteiger partial charge in [-0.1, -0.05) is 19.3 Å². The Labute approximate surface area is 145 Å². The lowest BCUT2D eigenvalue weighted by Gasteiger charge is -2.30. The number of H-pyrrole nitrogens is 1. The van der Waals surface area contributed by atoms with Crippen molar-refractivity contribution in [3.63, 3.8) is 0 Å². The number of hydrogen-bond donors (Lipinski definition) is 2. The SMILES string of the molecule is O=C(Nc1cn[nH]c1-c1nccs1)C1CCN(C2CCCCC2)C1. The minimum Gasteiger partial charge on any atom is -0.323 e. The van der Waals surface area contributed by atoms with Crippen molar-refractivity contribution in [3.8, 4) is 10.7 Å². The molecule has 0 aromatic carbocycles. The molecule has 1 unspecified atom stereocenters. The maximum Gasteiger partial charge on any atom is 0.228 e. The third kappa shape index (κ3) is 3.23. The molecule has 3 heterocycles. The summed E-state index contributed by atoms with van der Waals surface area (Å²) in [4.78, 5) is 19.5. The molecule has 2 aromatic heterocycles. The van der Waals surface area contributed by atoms with Gasteiger partial charge in [0.2, 0.25) is 5.91 Å². The van der Waals surface area contributed by atoms with Crippen molar-refractivity contribution < 1.29 is 4.79 Å². The Balaban J connectivity index is 1.38. The van der Waals surface area contributed by atoms with E-state index in [9.17, 15) is 4.79 Å². The quantitative estimate of drug-likeness (QED) is 0.893. The summed E-state index contributed by atoms with van der Waals surface area (Å²) in [7, 11) is 0. The minimum atomic E-state index is 0.0750. The molecule has 1 amide bonds. The summed E-state index contributed by atoms with van der Waals surface area (Å²) in [6, 6.07) is 0.691. The predicted octanol–water partition coefficient (Wildman–Crippen LogP) is 3.13. The number of nitrogens with zero attached hydrogens (tertiary/aromatic N) is 3. The van der Waals surface area contributed by atoms with E-state index in [1.807, 2.05) is 5.38 Å². The average molecular weight is 345 g/mol. The van der Waals surface area contributed by atoms with Crippen molar-refractivity contribution in [2.24, 2.45) is 5.92 Å². The predicted molar refractivity (Wildman–Crippen MR) is 94.9 cm³/mol. The standard InChI is InChI=1S/C17H23N5OS/c23-16(12-6-8-22(11-12)13-4-2-1-3-5-13)20-14-10-19-21-15(14)17-18-7-9-24-17/h7,9-10,12-13H,1-6,8,11H2,(H,19,21)(H,20,23). The Morgan fingerprint density at radius 2 is 2.17 bits per heavy atom. The van der Waals surface area contributed by atoms with Crippen LogP contribution >= 0.6 is 11.3 Å². The number of aromatic nitrogens is 3. The first-order chi connectivity index (χ1) is 11.8. The molecule has 128 valence electrons. The highest BCUT2D eigenvalue weighted by Gasteiger charge is 2.33. The van der Waals surface area contributed by atoms with Crippen molar-refractivity contribution in [2.75, 3.05) is 18.4 Å². The molecule has 2 aromatic rings. The van der Waals surface area contributed by atoms with Gasteiger partial charge in [-0.05, 0) is 25.8 Å². The smallest absolute Gasteiger partial charge is 0.228 e. The van der Waals surface area contributed by atoms with Crippen LogP contribution in [-0.4, -0.2) is 45.1 Å². The Bertz CT molecular complexity index is 677. The fourth-order valence-corrected chi connectivity index (χ4v) is 4.55. The summed E-state index contributed by atoms with van der Waals surface area (Å²) in [6.07, 6.45) is 11.0. The molecule has 6 nitrogen and oxygen atoms in total. The molecule has 2 fully saturated rings. The maximum absolute atomic E-state index is 12.7. The van der Waals surface area contributed by atoms with Crippen molar-refractivity contribution in [1.29, 1.82) is 0 Å². The number of carbonyl (C=O) groups excluding carboxylic acids is 1. The summed E-state index contributed by atoms with van der Waals surface area (Å²) < 4.78 is 0. The van der Waals surface area contributed by atoms with Crippen LogP contribution in [0.2, 0.25) is 0 Å². The van der Waals surface area contributed by atoms with E-state index in [2.05, 4.69) is 25.4 Å². The van der Waals surface area contributed by atoms with E-state index in [4.69, 9.17) is 0 Å². The van der Waals surface area contributed by atoms with E-state index in [1.54, 1.807) is 12.4 Å². The molecular formula is C17H23N5OS. The Hall–Kier alpha value is -1.73. The van der Waals surface area contributed by atoms with Crippen LogP contribution in [-0.2, 0) is 4.79 Å². The fourth-order valence-electron chi connectivity index (χ4n) is 3.90. The minimum absolute atomic E-state index is 0.0750. The number of rotatable bonds is 4. The molecule has 0 radical (unpaired) electrons. The first-order valence-corrected chi connectivity index (χ1v) is 9.67. The Morgan fingerprint density at radius 3 is 2.96 bits per heavy atom. The van der Waals surface area contributed by atoms with Gasteiger partial charge in [0.25, 0.3) is 0 Å². The zero-order valence-electron chi connectivity index (χ0n) is 13.7. The molecule has 7 heteroatoms. The number of amides is 1. The van der Waals surface area contributed by atoms with E-state index in [0.717, 1.165) is 35.9 Å². The first kappa shape index (κ1) is 15.8. The third-order valence-electron chi connectivity index (χ3n) is 5.22. The lowest BCUT2D eigenvalue weighted by molar-refractivity contribution is -0.119. The van der Waals surface area contributed by atoms with Gasteiger partial charge < -0.3 is 5.32 Å². The summed E-state index contributed by atoms with van der Waals surface area (Å²) in [5, 5.41) is 12.8. The molecule has 1 saturated carbocycles. The second-order valence-electron chi connectivity index (χ2n) is 6.76. The van der Waals surface area contributed by atoms with Gasteiger partial charge in [-0.3, -0.25) is 14.8 Å². The summed E-state index contributed by atoms with van der Waals surface area (Å²) in [5.74, 6) is 0.179. The normalized spacial score (nSPS) is 22.8. The number of nitrogens with one attached hydrogen (secondary N) is 2. The molecule has 24 heavy (non-hydrogen) atoms. The number of thiazole rings is 1. The fraction of sp³-hybridized carbons (Fsp3) is 0.588. The van der Waals surface area contributed by atoms with E-state index in [-0.39, 0.29) is 11.8 Å². The van der Waals surface area contributed by atoms with Crippen molar-refractivity contribution in [2.45, 2.75) is 44.6 Å². The average Bonchev–Trinajstić information content (AvgIpc) is 3.36. The van der Waals surface area contributed by atoms with Gasteiger partial charge >= 0.3 is 0 Å². The Morgan fingerprint density at radius 1 is 1.29 bits per heavy atom. The summed E-state index contributed by atoms with van der Waals surface area (Å²) in [6.45, 7) is 1.94. The lowest BCUT2D eigenvalue weighted by Crippen LogP contribution is -2.36.